The van der Waals surface area contributed by atoms with Crippen molar-refractivity contribution in [2.45, 2.75) is 51.7 Å². The molecule has 0 radical (unpaired) electrons. The molecule has 1 aliphatic rings. The van der Waals surface area contributed by atoms with Crippen molar-refractivity contribution in [1.82, 2.24) is 5.32 Å². The smallest absolute Gasteiger partial charge is 0.0693 e. The Labute approximate surface area is 75.4 Å². The normalized spacial score (nSPS) is 30.0. The van der Waals surface area contributed by atoms with Crippen molar-refractivity contribution < 1.29 is 5.11 Å². The maximum Gasteiger partial charge on any atom is 0.0693 e. The van der Waals surface area contributed by atoms with Gasteiger partial charge in [-0.15, -0.1) is 0 Å². The predicted molar refractivity (Wildman–Crippen MR) is 51.1 cm³/mol. The molecule has 72 valence electrons. The summed E-state index contributed by atoms with van der Waals surface area (Å²) in [6.45, 7) is 5.51. The Kier molecular flexibility index (Phi) is 4.02. The number of hydrogen-bond donors (Lipinski definition) is 2. The Morgan fingerprint density at radius 3 is 2.67 bits per heavy atom. The van der Waals surface area contributed by atoms with Gasteiger partial charge in [0, 0.05) is 6.04 Å². The van der Waals surface area contributed by atoms with E-state index >= 15 is 0 Å². The van der Waals surface area contributed by atoms with Gasteiger partial charge in [0.25, 0.3) is 0 Å². The van der Waals surface area contributed by atoms with E-state index < -0.39 is 0 Å². The van der Waals surface area contributed by atoms with Gasteiger partial charge in [-0.3, -0.25) is 0 Å². The van der Waals surface area contributed by atoms with E-state index in [0.29, 0.717) is 6.04 Å². The lowest BCUT2D eigenvalue weighted by Gasteiger charge is -2.16. The van der Waals surface area contributed by atoms with E-state index in [1.165, 1.54) is 12.8 Å². The number of aliphatic hydroxyl groups excluding tert-OH is 1. The summed E-state index contributed by atoms with van der Waals surface area (Å²) in [6, 6.07) is 0.378. The van der Waals surface area contributed by atoms with Gasteiger partial charge in [-0.2, -0.15) is 0 Å². The predicted octanol–water partition coefficient (Wildman–Crippen LogP) is 1.54. The van der Waals surface area contributed by atoms with Gasteiger partial charge in [0.15, 0.2) is 0 Å². The van der Waals surface area contributed by atoms with Crippen LogP contribution in [0, 0.1) is 5.92 Å². The highest BCUT2D eigenvalue weighted by Crippen LogP contribution is 2.18. The van der Waals surface area contributed by atoms with Crippen LogP contribution in [0.25, 0.3) is 0 Å². The fraction of sp³-hybridized carbons (Fsp3) is 1.00. The van der Waals surface area contributed by atoms with Crippen LogP contribution in [-0.2, 0) is 0 Å². The van der Waals surface area contributed by atoms with Crippen molar-refractivity contribution in [3.05, 3.63) is 0 Å². The molecule has 2 nitrogen and oxygen atoms in total. The molecule has 2 atom stereocenters. The molecule has 0 aromatic rings. The van der Waals surface area contributed by atoms with Crippen LogP contribution in [0.2, 0.25) is 0 Å². The Morgan fingerprint density at radius 2 is 2.17 bits per heavy atom. The molecule has 0 aromatic heterocycles. The van der Waals surface area contributed by atoms with E-state index in [1.807, 2.05) is 0 Å². The van der Waals surface area contributed by atoms with Gasteiger partial charge in [-0.05, 0) is 38.1 Å². The van der Waals surface area contributed by atoms with Gasteiger partial charge in [-0.25, -0.2) is 0 Å². The summed E-state index contributed by atoms with van der Waals surface area (Å²) < 4.78 is 0. The van der Waals surface area contributed by atoms with Gasteiger partial charge in [-0.1, -0.05) is 13.8 Å². The largest absolute Gasteiger partial charge is 0.392 e. The van der Waals surface area contributed by atoms with Crippen molar-refractivity contribution in [1.29, 1.82) is 0 Å². The number of aliphatic hydroxyl groups is 1. The first-order valence-corrected chi connectivity index (χ1v) is 5.11. The van der Waals surface area contributed by atoms with Crippen molar-refractivity contribution in [3.8, 4) is 0 Å². The average molecular weight is 171 g/mol. The third kappa shape index (κ3) is 3.11. The second-order valence-electron chi connectivity index (χ2n) is 4.24. The van der Waals surface area contributed by atoms with E-state index in [-0.39, 0.29) is 6.10 Å². The molecule has 0 unspecified atom stereocenters. The summed E-state index contributed by atoms with van der Waals surface area (Å²) in [4.78, 5) is 0. The van der Waals surface area contributed by atoms with Gasteiger partial charge in [0.2, 0.25) is 0 Å². The molecule has 0 aliphatic heterocycles. The van der Waals surface area contributed by atoms with Crippen LogP contribution in [-0.4, -0.2) is 23.8 Å². The molecular weight excluding hydrogens is 150 g/mol. The minimum absolute atomic E-state index is 0.0860. The average Bonchev–Trinajstić information content (AvgIpc) is 2.36. The fourth-order valence-electron chi connectivity index (χ4n) is 1.74. The van der Waals surface area contributed by atoms with Crippen LogP contribution in [0.4, 0.5) is 0 Å². The molecule has 1 aliphatic carbocycles. The highest BCUT2D eigenvalue weighted by Gasteiger charge is 2.23. The molecule has 1 rings (SSSR count). The maximum absolute atomic E-state index is 9.49. The van der Waals surface area contributed by atoms with Crippen molar-refractivity contribution in [3.63, 3.8) is 0 Å². The Hall–Kier alpha value is -0.0800. The Morgan fingerprint density at radius 1 is 1.42 bits per heavy atom. The third-order valence-corrected chi connectivity index (χ3v) is 2.61. The van der Waals surface area contributed by atoms with E-state index in [1.54, 1.807) is 0 Å². The molecule has 0 spiro atoms. The topological polar surface area (TPSA) is 32.3 Å². The molecule has 2 heteroatoms. The highest BCUT2D eigenvalue weighted by atomic mass is 16.3. The third-order valence-electron chi connectivity index (χ3n) is 2.61. The molecule has 1 saturated carbocycles. The lowest BCUT2D eigenvalue weighted by molar-refractivity contribution is 0.148. The molecular formula is C10H21NO. The Bertz CT molecular complexity index is 125. The summed E-state index contributed by atoms with van der Waals surface area (Å²) in [5.74, 6) is 0.760. The molecule has 0 saturated heterocycles. The van der Waals surface area contributed by atoms with Crippen LogP contribution in [0.5, 0.6) is 0 Å². The van der Waals surface area contributed by atoms with Crippen LogP contribution in [0.1, 0.15) is 39.5 Å². The van der Waals surface area contributed by atoms with Crippen LogP contribution >= 0.6 is 0 Å². The summed E-state index contributed by atoms with van der Waals surface area (Å²) in [5, 5.41) is 12.9. The standard InChI is InChI=1S/C10H21NO/c1-8(2)6-7-11-9-4-3-5-10(9)12/h8-12H,3-7H2,1-2H3/t9-,10-/m0/s1. The van der Waals surface area contributed by atoms with Gasteiger partial charge >= 0.3 is 0 Å². The van der Waals surface area contributed by atoms with E-state index in [4.69, 9.17) is 0 Å². The van der Waals surface area contributed by atoms with Gasteiger partial charge in [0.05, 0.1) is 6.10 Å². The molecule has 12 heavy (non-hydrogen) atoms. The fourth-order valence-corrected chi connectivity index (χ4v) is 1.74. The number of rotatable bonds is 4. The number of hydrogen-bond acceptors (Lipinski definition) is 2. The minimum atomic E-state index is -0.0860. The zero-order valence-electron chi connectivity index (χ0n) is 8.21. The lowest BCUT2D eigenvalue weighted by Crippen LogP contribution is -2.36. The van der Waals surface area contributed by atoms with Crippen LogP contribution < -0.4 is 5.32 Å². The molecule has 0 amide bonds. The van der Waals surface area contributed by atoms with E-state index in [0.717, 1.165) is 25.3 Å². The summed E-state index contributed by atoms with van der Waals surface area (Å²) >= 11 is 0. The van der Waals surface area contributed by atoms with E-state index in [2.05, 4.69) is 19.2 Å². The number of nitrogens with one attached hydrogen (secondary N) is 1. The monoisotopic (exact) mass is 171 g/mol. The second kappa shape index (κ2) is 4.83. The SMILES string of the molecule is CC(C)CCN[C@H]1CCC[C@@H]1O. The summed E-state index contributed by atoms with van der Waals surface area (Å²) in [6.07, 6.45) is 4.44. The summed E-state index contributed by atoms with van der Waals surface area (Å²) in [5.41, 5.74) is 0. The first-order valence-electron chi connectivity index (χ1n) is 5.11. The highest BCUT2D eigenvalue weighted by molar-refractivity contribution is 4.82. The molecule has 0 heterocycles. The Balaban J connectivity index is 2.06. The van der Waals surface area contributed by atoms with Crippen molar-refractivity contribution in [2.75, 3.05) is 6.54 Å². The quantitative estimate of drug-likeness (QED) is 0.672. The van der Waals surface area contributed by atoms with E-state index in [9.17, 15) is 5.11 Å². The van der Waals surface area contributed by atoms with Crippen molar-refractivity contribution >= 4 is 0 Å². The maximum atomic E-state index is 9.49. The first kappa shape index (κ1) is 10.0. The minimum Gasteiger partial charge on any atom is -0.392 e. The van der Waals surface area contributed by atoms with Crippen molar-refractivity contribution in [2.24, 2.45) is 5.92 Å². The molecule has 2 N–H and O–H groups in total. The zero-order valence-corrected chi connectivity index (χ0v) is 8.21. The van der Waals surface area contributed by atoms with Crippen LogP contribution in [0.15, 0.2) is 0 Å². The lowest BCUT2D eigenvalue weighted by atomic mass is 10.1. The van der Waals surface area contributed by atoms with Gasteiger partial charge in [0.1, 0.15) is 0 Å². The second-order valence-corrected chi connectivity index (χ2v) is 4.24. The van der Waals surface area contributed by atoms with Crippen LogP contribution in [0.3, 0.4) is 0 Å². The molecule has 0 aromatic carbocycles. The van der Waals surface area contributed by atoms with Gasteiger partial charge < -0.3 is 10.4 Å². The summed E-state index contributed by atoms with van der Waals surface area (Å²) in [7, 11) is 0. The molecule has 0 bridgehead atoms. The first-order chi connectivity index (χ1) is 5.70. The molecule has 1 fully saturated rings. The zero-order chi connectivity index (χ0) is 8.97.